The van der Waals surface area contributed by atoms with Crippen molar-refractivity contribution in [3.63, 3.8) is 0 Å². The standard InChI is InChI=1S/C24H21ClF3N5O2/c1-32-22(30-15-33(32)20-9-11-21(12-10-20)35-24(26,27)28)17-7-5-16(6-8-17)14-29-23(34)31-19-4-2-3-18(25)13-19/h2-13,15,22H,14H2,1H3,(H2,29,31,34). The second-order valence-corrected chi connectivity index (χ2v) is 8.09. The molecule has 1 unspecified atom stereocenters. The van der Waals surface area contributed by atoms with Crippen molar-refractivity contribution < 1.29 is 22.7 Å². The lowest BCUT2D eigenvalue weighted by molar-refractivity contribution is -0.274. The van der Waals surface area contributed by atoms with E-state index in [1.807, 2.05) is 36.3 Å². The van der Waals surface area contributed by atoms with Crippen molar-refractivity contribution in [2.45, 2.75) is 19.1 Å². The van der Waals surface area contributed by atoms with E-state index in [1.54, 1.807) is 35.6 Å². The van der Waals surface area contributed by atoms with Crippen LogP contribution in [0.15, 0.2) is 77.8 Å². The van der Waals surface area contributed by atoms with Gasteiger partial charge < -0.3 is 15.4 Å². The van der Waals surface area contributed by atoms with Gasteiger partial charge in [0.1, 0.15) is 18.3 Å². The molecule has 0 aliphatic carbocycles. The Balaban J connectivity index is 1.32. The van der Waals surface area contributed by atoms with Crippen LogP contribution in [-0.2, 0) is 6.54 Å². The Morgan fingerprint density at radius 3 is 2.46 bits per heavy atom. The highest BCUT2D eigenvalue weighted by molar-refractivity contribution is 6.30. The first-order chi connectivity index (χ1) is 16.7. The van der Waals surface area contributed by atoms with Crippen LogP contribution < -0.4 is 20.4 Å². The Morgan fingerprint density at radius 1 is 1.09 bits per heavy atom. The minimum Gasteiger partial charge on any atom is -0.406 e. The number of nitrogens with zero attached hydrogens (tertiary/aromatic N) is 3. The van der Waals surface area contributed by atoms with Gasteiger partial charge in [-0.2, -0.15) is 5.01 Å². The SMILES string of the molecule is CN1C(c2ccc(CNC(=O)Nc3cccc(Cl)c3)cc2)N=CN1c1ccc(OC(F)(F)F)cc1. The van der Waals surface area contributed by atoms with E-state index >= 15 is 0 Å². The van der Waals surface area contributed by atoms with Crippen LogP contribution in [0, 0.1) is 0 Å². The minimum atomic E-state index is -4.74. The molecule has 11 heteroatoms. The first kappa shape index (κ1) is 24.4. The van der Waals surface area contributed by atoms with Gasteiger partial charge in [-0.25, -0.2) is 9.79 Å². The molecule has 0 saturated carbocycles. The van der Waals surface area contributed by atoms with Crippen LogP contribution in [0.4, 0.5) is 29.3 Å². The summed E-state index contributed by atoms with van der Waals surface area (Å²) in [4.78, 5) is 16.6. The van der Waals surface area contributed by atoms with Crippen molar-refractivity contribution >= 4 is 35.3 Å². The highest BCUT2D eigenvalue weighted by Crippen LogP contribution is 2.31. The highest BCUT2D eigenvalue weighted by atomic mass is 35.5. The fraction of sp³-hybridized carbons (Fsp3) is 0.167. The van der Waals surface area contributed by atoms with E-state index in [9.17, 15) is 18.0 Å². The number of hydrazine groups is 1. The number of aliphatic imine (C=N–C) groups is 1. The summed E-state index contributed by atoms with van der Waals surface area (Å²) in [5, 5.41) is 9.63. The summed E-state index contributed by atoms with van der Waals surface area (Å²) in [5.74, 6) is -0.290. The lowest BCUT2D eigenvalue weighted by atomic mass is 10.1. The Labute approximate surface area is 204 Å². The summed E-state index contributed by atoms with van der Waals surface area (Å²) in [6.45, 7) is 0.328. The number of carbonyl (C=O) groups is 1. The number of halogens is 4. The van der Waals surface area contributed by atoms with E-state index in [4.69, 9.17) is 11.6 Å². The molecule has 3 aromatic carbocycles. The van der Waals surface area contributed by atoms with Gasteiger partial charge in [0.05, 0.1) is 5.69 Å². The molecule has 0 saturated heterocycles. The topological polar surface area (TPSA) is 69.2 Å². The summed E-state index contributed by atoms with van der Waals surface area (Å²) in [5.41, 5.74) is 3.05. The molecule has 35 heavy (non-hydrogen) atoms. The third kappa shape index (κ3) is 6.43. The fourth-order valence-corrected chi connectivity index (χ4v) is 3.69. The van der Waals surface area contributed by atoms with Crippen molar-refractivity contribution in [1.82, 2.24) is 10.3 Å². The zero-order chi connectivity index (χ0) is 25.0. The van der Waals surface area contributed by atoms with E-state index in [-0.39, 0.29) is 17.9 Å². The maximum atomic E-state index is 12.4. The van der Waals surface area contributed by atoms with Gasteiger partial charge in [0.25, 0.3) is 0 Å². The molecule has 1 heterocycles. The van der Waals surface area contributed by atoms with E-state index in [0.29, 0.717) is 22.9 Å². The first-order valence-electron chi connectivity index (χ1n) is 10.5. The molecule has 0 radical (unpaired) electrons. The number of urea groups is 1. The Bertz CT molecular complexity index is 1200. The lowest BCUT2D eigenvalue weighted by Gasteiger charge is -2.28. The van der Waals surface area contributed by atoms with Crippen molar-refractivity contribution in [2.24, 2.45) is 4.99 Å². The predicted octanol–water partition coefficient (Wildman–Crippen LogP) is 5.95. The number of hydrogen-bond acceptors (Lipinski definition) is 5. The van der Waals surface area contributed by atoms with Crippen molar-refractivity contribution in [2.75, 3.05) is 17.4 Å². The third-order valence-electron chi connectivity index (χ3n) is 5.16. The van der Waals surface area contributed by atoms with E-state index in [1.165, 1.54) is 24.3 Å². The molecule has 7 nitrogen and oxygen atoms in total. The average molecular weight is 504 g/mol. The van der Waals surface area contributed by atoms with Crippen LogP contribution in [0.2, 0.25) is 5.02 Å². The van der Waals surface area contributed by atoms with Crippen LogP contribution in [0.25, 0.3) is 0 Å². The molecule has 1 aliphatic heterocycles. The van der Waals surface area contributed by atoms with Gasteiger partial charge in [-0.3, -0.25) is 5.01 Å². The fourth-order valence-electron chi connectivity index (χ4n) is 3.50. The Hall–Kier alpha value is -3.76. The molecular formula is C24H21ClF3N5O2. The maximum Gasteiger partial charge on any atom is 0.573 e. The van der Waals surface area contributed by atoms with Gasteiger partial charge in [-0.1, -0.05) is 41.9 Å². The largest absolute Gasteiger partial charge is 0.573 e. The van der Waals surface area contributed by atoms with E-state index in [0.717, 1.165) is 11.1 Å². The summed E-state index contributed by atoms with van der Waals surface area (Å²) in [6, 6.07) is 19.7. The van der Waals surface area contributed by atoms with E-state index in [2.05, 4.69) is 20.4 Å². The molecule has 1 aliphatic rings. The number of ether oxygens (including phenoxy) is 1. The van der Waals surface area contributed by atoms with Gasteiger partial charge in [0.2, 0.25) is 0 Å². The number of anilines is 2. The molecule has 2 amide bonds. The number of carbonyl (C=O) groups excluding carboxylic acids is 1. The summed E-state index contributed by atoms with van der Waals surface area (Å²) in [6.07, 6.45) is -3.44. The van der Waals surface area contributed by atoms with Gasteiger partial charge in [0.15, 0.2) is 0 Å². The van der Waals surface area contributed by atoms with E-state index < -0.39 is 6.36 Å². The van der Waals surface area contributed by atoms with Crippen molar-refractivity contribution in [3.8, 4) is 5.75 Å². The number of nitrogens with one attached hydrogen (secondary N) is 2. The minimum absolute atomic E-state index is 0.290. The van der Waals surface area contributed by atoms with Crippen molar-refractivity contribution in [1.29, 1.82) is 0 Å². The first-order valence-corrected chi connectivity index (χ1v) is 10.9. The van der Waals surface area contributed by atoms with Crippen LogP contribution in [0.1, 0.15) is 17.3 Å². The zero-order valence-corrected chi connectivity index (χ0v) is 19.2. The van der Waals surface area contributed by atoms with Gasteiger partial charge in [0, 0.05) is 24.3 Å². The summed E-state index contributed by atoms with van der Waals surface area (Å²) < 4.78 is 41.0. The second kappa shape index (κ2) is 10.2. The number of amides is 2. The van der Waals surface area contributed by atoms with Gasteiger partial charge >= 0.3 is 12.4 Å². The lowest BCUT2D eigenvalue weighted by Crippen LogP contribution is -2.35. The molecule has 0 aromatic heterocycles. The smallest absolute Gasteiger partial charge is 0.406 e. The van der Waals surface area contributed by atoms with Gasteiger partial charge in [-0.05, 0) is 53.6 Å². The molecule has 4 rings (SSSR count). The van der Waals surface area contributed by atoms with Crippen LogP contribution in [0.5, 0.6) is 5.75 Å². The zero-order valence-electron chi connectivity index (χ0n) is 18.5. The third-order valence-corrected chi connectivity index (χ3v) is 5.39. The molecular weight excluding hydrogens is 483 g/mol. The monoisotopic (exact) mass is 503 g/mol. The molecule has 3 aromatic rings. The van der Waals surface area contributed by atoms with Crippen LogP contribution >= 0.6 is 11.6 Å². The van der Waals surface area contributed by atoms with Gasteiger partial charge in [-0.15, -0.1) is 13.2 Å². The molecule has 2 N–H and O–H groups in total. The molecule has 0 fully saturated rings. The second-order valence-electron chi connectivity index (χ2n) is 7.66. The number of rotatable bonds is 6. The highest BCUT2D eigenvalue weighted by Gasteiger charge is 2.31. The normalized spacial score (nSPS) is 15.8. The molecule has 1 atom stereocenters. The molecule has 0 spiro atoms. The van der Waals surface area contributed by atoms with Crippen LogP contribution in [0.3, 0.4) is 0 Å². The summed E-state index contributed by atoms with van der Waals surface area (Å²) in [7, 11) is 1.83. The maximum absolute atomic E-state index is 12.4. The average Bonchev–Trinajstić information content (AvgIpc) is 3.19. The Kier molecular flexibility index (Phi) is 7.13. The number of hydrogen-bond donors (Lipinski definition) is 2. The molecule has 182 valence electrons. The Morgan fingerprint density at radius 2 is 1.80 bits per heavy atom. The summed E-state index contributed by atoms with van der Waals surface area (Å²) >= 11 is 5.92. The quantitative estimate of drug-likeness (QED) is 0.436. The van der Waals surface area contributed by atoms with Crippen molar-refractivity contribution in [3.05, 3.63) is 88.9 Å². The number of benzene rings is 3. The molecule has 0 bridgehead atoms. The predicted molar refractivity (Wildman–Crippen MR) is 128 cm³/mol. The van der Waals surface area contributed by atoms with Crippen LogP contribution in [-0.4, -0.2) is 30.8 Å². The number of alkyl halides is 3.